The molecule has 206 valence electrons. The highest BCUT2D eigenvalue weighted by molar-refractivity contribution is 6.03. The number of benzene rings is 1. The molecule has 0 bridgehead atoms. The Kier molecular flexibility index (Phi) is 7.92. The number of hydrogen-bond acceptors (Lipinski definition) is 7. The van der Waals surface area contributed by atoms with Gasteiger partial charge in [-0.1, -0.05) is 13.8 Å². The van der Waals surface area contributed by atoms with Crippen molar-refractivity contribution in [2.75, 3.05) is 44.3 Å². The zero-order chi connectivity index (χ0) is 27.5. The number of pyridine rings is 1. The highest BCUT2D eigenvalue weighted by atomic mass is 16.5. The summed E-state index contributed by atoms with van der Waals surface area (Å²) in [6.45, 7) is 7.27. The fourth-order valence-corrected chi connectivity index (χ4v) is 5.77. The van der Waals surface area contributed by atoms with E-state index >= 15 is 0 Å². The van der Waals surface area contributed by atoms with Crippen LogP contribution in [0.15, 0.2) is 48.8 Å². The van der Waals surface area contributed by atoms with E-state index < -0.39 is 12.1 Å². The molecule has 0 radical (unpaired) electrons. The number of likely N-dealkylation sites (tertiary alicyclic amines) is 2. The summed E-state index contributed by atoms with van der Waals surface area (Å²) in [6.07, 6.45) is 4.03. The molecular formula is C29H35N5O5. The monoisotopic (exact) mass is 533 g/mol. The SMILES string of the molecule is CC(C)CC(NC(=O)c1ccc(N2CCOCC2)cc1)C(=O)N1CCC2C1C(=O)CN2C(=O)c1cccnc1. The van der Waals surface area contributed by atoms with Crippen molar-refractivity contribution in [3.63, 3.8) is 0 Å². The number of ether oxygens (including phenoxy) is 1. The molecule has 1 aromatic carbocycles. The van der Waals surface area contributed by atoms with E-state index in [2.05, 4.69) is 15.2 Å². The number of fused-ring (bicyclic) bond motifs is 1. The number of Topliss-reactive ketones (excluding diaryl/α,β-unsaturated/α-hetero) is 1. The predicted octanol–water partition coefficient (Wildman–Crippen LogP) is 1.76. The Balaban J connectivity index is 1.28. The van der Waals surface area contributed by atoms with Gasteiger partial charge in [-0.3, -0.25) is 24.2 Å². The molecule has 0 saturated carbocycles. The number of anilines is 1. The highest BCUT2D eigenvalue weighted by Gasteiger charge is 2.52. The smallest absolute Gasteiger partial charge is 0.256 e. The minimum Gasteiger partial charge on any atom is -0.378 e. The first kappa shape index (κ1) is 26.8. The van der Waals surface area contributed by atoms with Crippen molar-refractivity contribution in [1.29, 1.82) is 0 Å². The van der Waals surface area contributed by atoms with Gasteiger partial charge in [-0.25, -0.2) is 0 Å². The molecule has 0 aliphatic carbocycles. The summed E-state index contributed by atoms with van der Waals surface area (Å²) < 4.78 is 5.41. The van der Waals surface area contributed by atoms with E-state index in [9.17, 15) is 19.2 Å². The summed E-state index contributed by atoms with van der Waals surface area (Å²) in [5.74, 6) is -0.880. The second-order valence-corrected chi connectivity index (χ2v) is 10.8. The van der Waals surface area contributed by atoms with Crippen LogP contribution in [-0.4, -0.2) is 95.8 Å². The van der Waals surface area contributed by atoms with Crippen LogP contribution in [0.5, 0.6) is 0 Å². The number of amides is 3. The van der Waals surface area contributed by atoms with Crippen molar-refractivity contribution in [2.45, 2.75) is 44.8 Å². The standard InChI is InChI=1S/C29H35N5O5/c1-19(2)16-23(31-27(36)20-5-7-22(8-6-20)32-12-14-39-15-13-32)29(38)33-11-9-24-26(33)25(35)18-34(24)28(37)21-4-3-10-30-17-21/h3-8,10,17,19,23-24,26H,9,11-16,18H2,1-2H3,(H,31,36). The van der Waals surface area contributed by atoms with Crippen molar-refractivity contribution in [1.82, 2.24) is 20.1 Å². The molecule has 5 rings (SSSR count). The number of carbonyl (C=O) groups excluding carboxylic acids is 4. The fraction of sp³-hybridized carbons (Fsp3) is 0.483. The number of nitrogens with zero attached hydrogens (tertiary/aromatic N) is 4. The molecule has 10 nitrogen and oxygen atoms in total. The van der Waals surface area contributed by atoms with E-state index in [1.54, 1.807) is 40.3 Å². The first-order valence-corrected chi connectivity index (χ1v) is 13.6. The molecule has 10 heteroatoms. The topological polar surface area (TPSA) is 112 Å². The molecular weight excluding hydrogens is 498 g/mol. The van der Waals surface area contributed by atoms with Crippen LogP contribution in [0.4, 0.5) is 5.69 Å². The zero-order valence-electron chi connectivity index (χ0n) is 22.4. The molecule has 39 heavy (non-hydrogen) atoms. The van der Waals surface area contributed by atoms with Crippen LogP contribution in [0, 0.1) is 5.92 Å². The van der Waals surface area contributed by atoms with Crippen LogP contribution >= 0.6 is 0 Å². The van der Waals surface area contributed by atoms with Crippen LogP contribution in [-0.2, 0) is 14.3 Å². The lowest BCUT2D eigenvalue weighted by Crippen LogP contribution is -2.53. The van der Waals surface area contributed by atoms with Crippen LogP contribution in [0.25, 0.3) is 0 Å². The first-order valence-electron chi connectivity index (χ1n) is 13.6. The van der Waals surface area contributed by atoms with Gasteiger partial charge in [-0.2, -0.15) is 0 Å². The number of rotatable bonds is 7. The summed E-state index contributed by atoms with van der Waals surface area (Å²) >= 11 is 0. The van der Waals surface area contributed by atoms with Gasteiger partial charge in [-0.15, -0.1) is 0 Å². The van der Waals surface area contributed by atoms with E-state index in [-0.39, 0.29) is 42.0 Å². The molecule has 3 atom stereocenters. The Morgan fingerprint density at radius 2 is 1.77 bits per heavy atom. The van der Waals surface area contributed by atoms with Crippen molar-refractivity contribution in [3.05, 3.63) is 59.9 Å². The van der Waals surface area contributed by atoms with Crippen LogP contribution in [0.2, 0.25) is 0 Å². The Morgan fingerprint density at radius 3 is 2.44 bits per heavy atom. The van der Waals surface area contributed by atoms with Gasteiger partial charge in [-0.05, 0) is 55.2 Å². The predicted molar refractivity (Wildman–Crippen MR) is 144 cm³/mol. The molecule has 3 unspecified atom stereocenters. The molecule has 3 amide bonds. The van der Waals surface area contributed by atoms with Gasteiger partial charge >= 0.3 is 0 Å². The fourth-order valence-electron chi connectivity index (χ4n) is 5.77. The zero-order valence-corrected chi connectivity index (χ0v) is 22.4. The van der Waals surface area contributed by atoms with E-state index in [0.717, 1.165) is 18.8 Å². The lowest BCUT2D eigenvalue weighted by atomic mass is 10.0. The summed E-state index contributed by atoms with van der Waals surface area (Å²) in [6, 6.07) is 8.87. The molecule has 3 saturated heterocycles. The van der Waals surface area contributed by atoms with Crippen molar-refractivity contribution in [2.24, 2.45) is 5.92 Å². The summed E-state index contributed by atoms with van der Waals surface area (Å²) in [5.41, 5.74) is 1.91. The Hall–Kier alpha value is -3.79. The van der Waals surface area contributed by atoms with E-state index in [1.165, 1.54) is 6.20 Å². The Bertz CT molecular complexity index is 1210. The van der Waals surface area contributed by atoms with Crippen molar-refractivity contribution >= 4 is 29.2 Å². The average molecular weight is 534 g/mol. The van der Waals surface area contributed by atoms with E-state index in [1.807, 2.05) is 26.0 Å². The van der Waals surface area contributed by atoms with E-state index in [0.29, 0.717) is 43.7 Å². The summed E-state index contributed by atoms with van der Waals surface area (Å²) in [7, 11) is 0. The lowest BCUT2D eigenvalue weighted by molar-refractivity contribution is -0.138. The van der Waals surface area contributed by atoms with Crippen molar-refractivity contribution < 1.29 is 23.9 Å². The third-order valence-electron chi connectivity index (χ3n) is 7.69. The number of morpholine rings is 1. The minimum atomic E-state index is -0.772. The molecule has 3 aliphatic heterocycles. The van der Waals surface area contributed by atoms with Gasteiger partial charge in [0.05, 0.1) is 31.4 Å². The van der Waals surface area contributed by atoms with E-state index in [4.69, 9.17) is 4.74 Å². The molecule has 4 heterocycles. The number of hydrogen-bond donors (Lipinski definition) is 1. The Labute approximate surface area is 228 Å². The molecule has 0 spiro atoms. The maximum absolute atomic E-state index is 13.8. The largest absolute Gasteiger partial charge is 0.378 e. The molecule has 1 aromatic heterocycles. The van der Waals surface area contributed by atoms with Crippen LogP contribution in [0.3, 0.4) is 0 Å². The van der Waals surface area contributed by atoms with Gasteiger partial charge < -0.3 is 24.8 Å². The lowest BCUT2D eigenvalue weighted by Gasteiger charge is -2.29. The van der Waals surface area contributed by atoms with Crippen LogP contribution < -0.4 is 10.2 Å². The van der Waals surface area contributed by atoms with Gasteiger partial charge in [0.25, 0.3) is 11.8 Å². The average Bonchev–Trinajstić information content (AvgIpc) is 3.54. The van der Waals surface area contributed by atoms with Gasteiger partial charge in [0.2, 0.25) is 5.91 Å². The molecule has 2 aromatic rings. The highest BCUT2D eigenvalue weighted by Crippen LogP contribution is 2.32. The molecule has 3 fully saturated rings. The number of ketones is 1. The van der Waals surface area contributed by atoms with Gasteiger partial charge in [0.1, 0.15) is 12.1 Å². The number of aromatic nitrogens is 1. The maximum atomic E-state index is 13.8. The van der Waals surface area contributed by atoms with Gasteiger partial charge in [0.15, 0.2) is 5.78 Å². The third-order valence-corrected chi connectivity index (χ3v) is 7.69. The Morgan fingerprint density at radius 1 is 1.03 bits per heavy atom. The second-order valence-electron chi connectivity index (χ2n) is 10.8. The summed E-state index contributed by atoms with van der Waals surface area (Å²) in [5, 5.41) is 2.93. The first-order chi connectivity index (χ1) is 18.8. The second kappa shape index (κ2) is 11.5. The third kappa shape index (κ3) is 5.66. The number of nitrogens with one attached hydrogen (secondary N) is 1. The molecule has 1 N–H and O–H groups in total. The van der Waals surface area contributed by atoms with Crippen molar-refractivity contribution in [3.8, 4) is 0 Å². The number of carbonyl (C=O) groups is 4. The normalized spacial score (nSPS) is 21.7. The maximum Gasteiger partial charge on any atom is 0.256 e. The summed E-state index contributed by atoms with van der Waals surface area (Å²) in [4.78, 5) is 62.5. The minimum absolute atomic E-state index is 0.0382. The molecule has 3 aliphatic rings. The van der Waals surface area contributed by atoms with Crippen LogP contribution in [0.1, 0.15) is 47.4 Å². The quantitative estimate of drug-likeness (QED) is 0.577. The van der Waals surface area contributed by atoms with Gasteiger partial charge in [0, 0.05) is 43.3 Å².